The van der Waals surface area contributed by atoms with Crippen LogP contribution in [0.15, 0.2) is 0 Å². The van der Waals surface area contributed by atoms with Gasteiger partial charge >= 0.3 is 54.3 Å². The Morgan fingerprint density at radius 1 is 0.750 bits per heavy atom. The third kappa shape index (κ3) is 9.64. The molecule has 0 aromatic carbocycles. The molecule has 0 saturated heterocycles. The van der Waals surface area contributed by atoms with Gasteiger partial charge in [-0.3, -0.25) is 8.37 Å². The molecule has 0 atom stereocenters. The van der Waals surface area contributed by atoms with Crippen molar-refractivity contribution in [1.82, 2.24) is 0 Å². The summed E-state index contributed by atoms with van der Waals surface area (Å²) < 4.78 is 147. The molecule has 0 aliphatic heterocycles. The zero-order valence-electron chi connectivity index (χ0n) is 11.3. The van der Waals surface area contributed by atoms with Gasteiger partial charge in [-0.1, -0.05) is 0 Å². The van der Waals surface area contributed by atoms with E-state index < -0.39 is 58.5 Å². The molecule has 0 bridgehead atoms. The van der Waals surface area contributed by atoms with E-state index >= 15 is 0 Å². The molecule has 24 heavy (non-hydrogen) atoms. The van der Waals surface area contributed by atoms with Crippen LogP contribution in [-0.2, 0) is 29.0 Å². The SMILES string of the molecule is O=S(=O)([N-]S(=O)(=O)OCC(F)(F)C(F)F)OCC(F)(F)C(F)F.[Na+]. The van der Waals surface area contributed by atoms with E-state index in [1.54, 1.807) is 4.13 Å². The second-order valence-corrected chi connectivity index (χ2v) is 6.36. The van der Waals surface area contributed by atoms with Gasteiger partial charge < -0.3 is 4.13 Å². The van der Waals surface area contributed by atoms with Crippen molar-refractivity contribution in [3.63, 3.8) is 0 Å². The smallest absolute Gasteiger partial charge is 0.387 e. The van der Waals surface area contributed by atoms with E-state index in [9.17, 15) is 52.0 Å². The van der Waals surface area contributed by atoms with Crippen LogP contribution in [0.1, 0.15) is 0 Å². The van der Waals surface area contributed by atoms with Gasteiger partial charge in [-0.25, -0.2) is 34.4 Å². The van der Waals surface area contributed by atoms with E-state index in [1.165, 1.54) is 0 Å². The molecule has 7 nitrogen and oxygen atoms in total. The monoisotopic (exact) mass is 427 g/mol. The first kappa shape index (κ1) is 26.4. The number of halogens is 8. The number of hydrogen-bond acceptors (Lipinski definition) is 6. The van der Waals surface area contributed by atoms with Crippen molar-refractivity contribution < 1.29 is 89.9 Å². The predicted molar refractivity (Wildman–Crippen MR) is 55.0 cm³/mol. The fourth-order valence-electron chi connectivity index (χ4n) is 0.587. The molecule has 0 saturated carbocycles. The van der Waals surface area contributed by atoms with Crippen LogP contribution in [0.4, 0.5) is 35.1 Å². The van der Waals surface area contributed by atoms with E-state index in [0.717, 1.165) is 0 Å². The number of hydrogen-bond donors (Lipinski definition) is 0. The summed E-state index contributed by atoms with van der Waals surface area (Å²) in [5, 5.41) is 0. The summed E-state index contributed by atoms with van der Waals surface area (Å²) in [5.74, 6) is -9.98. The van der Waals surface area contributed by atoms with Crippen LogP contribution in [0.5, 0.6) is 0 Å². The Kier molecular flexibility index (Phi) is 10.2. The average molecular weight is 427 g/mol. The Morgan fingerprint density at radius 3 is 1.21 bits per heavy atom. The molecule has 0 radical (unpaired) electrons. The van der Waals surface area contributed by atoms with Crippen LogP contribution in [0.2, 0.25) is 0 Å². The first-order valence-corrected chi connectivity index (χ1v) is 7.59. The molecule has 0 aromatic rings. The molecule has 0 aliphatic carbocycles. The van der Waals surface area contributed by atoms with Crippen molar-refractivity contribution in [1.29, 1.82) is 0 Å². The summed E-state index contributed by atoms with van der Waals surface area (Å²) in [6.07, 6.45) is -8.73. The molecular weight excluding hydrogens is 421 g/mol. The molecule has 0 heterocycles. The topological polar surface area (TPSA) is 101 Å². The minimum Gasteiger partial charge on any atom is -0.387 e. The summed E-state index contributed by atoms with van der Waals surface area (Å²) in [5.41, 5.74) is 0. The number of nitrogens with zero attached hydrogens (tertiary/aromatic N) is 1. The molecule has 140 valence electrons. The van der Waals surface area contributed by atoms with Crippen LogP contribution in [0.3, 0.4) is 0 Å². The quantitative estimate of drug-likeness (QED) is 0.317. The van der Waals surface area contributed by atoms with Gasteiger partial charge in [0, 0.05) is 0 Å². The third-order valence-electron chi connectivity index (χ3n) is 1.62. The summed E-state index contributed by atoms with van der Waals surface area (Å²) >= 11 is 0. The molecule has 0 aliphatic rings. The predicted octanol–water partition coefficient (Wildman–Crippen LogP) is -1.31. The molecule has 0 spiro atoms. The molecule has 0 unspecified atom stereocenters. The van der Waals surface area contributed by atoms with Crippen molar-refractivity contribution in [2.75, 3.05) is 13.2 Å². The number of alkyl halides is 8. The molecule has 0 amide bonds. The Balaban J connectivity index is 0. The average Bonchev–Trinajstić information content (AvgIpc) is 2.33. The normalized spacial score (nSPS) is 14.1. The first-order chi connectivity index (χ1) is 10.0. The molecule has 0 rings (SSSR count). The minimum atomic E-state index is -5.83. The largest absolute Gasteiger partial charge is 1.00 e. The summed E-state index contributed by atoms with van der Waals surface area (Å²) in [6.45, 7) is -5.03. The maximum atomic E-state index is 12.4. The van der Waals surface area contributed by atoms with E-state index in [2.05, 4.69) is 8.37 Å². The van der Waals surface area contributed by atoms with E-state index in [1.807, 2.05) is 0 Å². The Labute approximate surface area is 152 Å². The Hall–Kier alpha value is 0.220. The van der Waals surface area contributed by atoms with Crippen LogP contribution < -0.4 is 29.6 Å². The van der Waals surface area contributed by atoms with Crippen molar-refractivity contribution in [2.24, 2.45) is 0 Å². The van der Waals surface area contributed by atoms with Crippen molar-refractivity contribution in [2.45, 2.75) is 24.7 Å². The fourth-order valence-corrected chi connectivity index (χ4v) is 2.44. The Bertz CT molecular complexity index is 544. The van der Waals surface area contributed by atoms with E-state index in [4.69, 9.17) is 0 Å². The molecule has 0 aromatic heterocycles. The minimum absolute atomic E-state index is 0. The van der Waals surface area contributed by atoms with Gasteiger partial charge in [0.15, 0.2) is 0 Å². The van der Waals surface area contributed by atoms with Crippen molar-refractivity contribution in [3.8, 4) is 0 Å². The van der Waals surface area contributed by atoms with Gasteiger partial charge in [0.05, 0.1) is 0 Å². The van der Waals surface area contributed by atoms with E-state index in [-0.39, 0.29) is 29.6 Å². The zero-order chi connectivity index (χ0) is 18.7. The van der Waals surface area contributed by atoms with Crippen LogP contribution in [0.25, 0.3) is 4.13 Å². The standard InChI is InChI=1S/C6H6F8NO6S2.Na/c7-3(8)5(11,12)1-20-22(16,17)15-23(18,19)21-2-6(13,14)4(9)10;/h3-4H,1-2H2;/q-1;+1. The molecule has 0 N–H and O–H groups in total. The van der Waals surface area contributed by atoms with Crippen LogP contribution in [-0.4, -0.2) is 54.7 Å². The second kappa shape index (κ2) is 9.24. The van der Waals surface area contributed by atoms with Gasteiger partial charge in [0.2, 0.25) is 20.6 Å². The van der Waals surface area contributed by atoms with Crippen LogP contribution in [0, 0.1) is 0 Å². The fraction of sp³-hybridized carbons (Fsp3) is 1.00. The Morgan fingerprint density at radius 2 is 1.00 bits per heavy atom. The molecule has 18 heteroatoms. The van der Waals surface area contributed by atoms with Gasteiger partial charge in [-0.2, -0.15) is 17.6 Å². The van der Waals surface area contributed by atoms with Crippen molar-refractivity contribution >= 4 is 20.6 Å². The van der Waals surface area contributed by atoms with E-state index in [0.29, 0.717) is 0 Å². The summed E-state index contributed by atoms with van der Waals surface area (Å²) in [6, 6.07) is 0. The van der Waals surface area contributed by atoms with Crippen LogP contribution >= 0.6 is 0 Å². The molecule has 0 fully saturated rings. The first-order valence-electron chi connectivity index (χ1n) is 4.86. The summed E-state index contributed by atoms with van der Waals surface area (Å²) in [7, 11) is -11.7. The third-order valence-corrected chi connectivity index (χ3v) is 3.91. The summed E-state index contributed by atoms with van der Waals surface area (Å²) in [4.78, 5) is 0. The van der Waals surface area contributed by atoms with Crippen molar-refractivity contribution in [3.05, 3.63) is 4.13 Å². The maximum Gasteiger partial charge on any atom is 1.00 e. The second-order valence-electron chi connectivity index (χ2n) is 3.58. The van der Waals surface area contributed by atoms with Gasteiger partial charge in [-0.15, -0.1) is 0 Å². The van der Waals surface area contributed by atoms with Gasteiger partial charge in [0.1, 0.15) is 13.2 Å². The number of rotatable bonds is 10. The zero-order valence-corrected chi connectivity index (χ0v) is 14.9. The maximum absolute atomic E-state index is 12.4. The molecular formula is C6H6F8NNaO6S2. The van der Waals surface area contributed by atoms with Gasteiger partial charge in [-0.05, 0) is 0 Å². The van der Waals surface area contributed by atoms with Gasteiger partial charge in [0.25, 0.3) is 0 Å².